The monoisotopic (exact) mass is 309 g/mol. The maximum atomic E-state index is 12.6. The zero-order valence-corrected chi connectivity index (χ0v) is 14.0. The van der Waals surface area contributed by atoms with Crippen LogP contribution in [0.3, 0.4) is 0 Å². The van der Waals surface area contributed by atoms with Gasteiger partial charge in [-0.05, 0) is 36.2 Å². The second kappa shape index (κ2) is 5.04. The number of nitriles is 1. The highest BCUT2D eigenvalue weighted by atomic mass is 16.3. The highest BCUT2D eigenvalue weighted by molar-refractivity contribution is 6.04. The number of benzene rings is 1. The summed E-state index contributed by atoms with van der Waals surface area (Å²) in [7, 11) is 0. The second-order valence-electron chi connectivity index (χ2n) is 7.89. The summed E-state index contributed by atoms with van der Waals surface area (Å²) >= 11 is 0. The molecule has 1 N–H and O–H groups in total. The SMILES string of the molecule is CC1(C)C(=O)C(C#N)=C[C@@]2(C)C[C@@](O)(c3ccccc3)CC[C@H]12. The van der Waals surface area contributed by atoms with Crippen LogP contribution in [0.15, 0.2) is 42.0 Å². The van der Waals surface area contributed by atoms with E-state index in [1.165, 1.54) is 0 Å². The number of carbonyl (C=O) groups is 1. The van der Waals surface area contributed by atoms with E-state index >= 15 is 0 Å². The summed E-state index contributed by atoms with van der Waals surface area (Å²) in [6.45, 7) is 5.96. The van der Waals surface area contributed by atoms with Gasteiger partial charge in [-0.25, -0.2) is 0 Å². The van der Waals surface area contributed by atoms with E-state index in [1.54, 1.807) is 0 Å². The Morgan fingerprint density at radius 2 is 1.87 bits per heavy atom. The normalized spacial score (nSPS) is 35.9. The van der Waals surface area contributed by atoms with Crippen molar-refractivity contribution in [2.24, 2.45) is 16.7 Å². The molecule has 0 spiro atoms. The minimum atomic E-state index is -0.903. The van der Waals surface area contributed by atoms with Crippen LogP contribution < -0.4 is 0 Å². The van der Waals surface area contributed by atoms with Crippen LogP contribution in [0, 0.1) is 28.1 Å². The van der Waals surface area contributed by atoms with E-state index in [0.29, 0.717) is 12.8 Å². The third kappa shape index (κ3) is 2.33. The molecule has 0 heterocycles. The van der Waals surface area contributed by atoms with Gasteiger partial charge in [0.2, 0.25) is 0 Å². The van der Waals surface area contributed by atoms with E-state index < -0.39 is 11.0 Å². The van der Waals surface area contributed by atoms with Crippen LogP contribution >= 0.6 is 0 Å². The minimum Gasteiger partial charge on any atom is -0.385 e. The summed E-state index contributed by atoms with van der Waals surface area (Å²) < 4.78 is 0. The zero-order chi connectivity index (χ0) is 16.9. The Morgan fingerprint density at radius 1 is 1.22 bits per heavy atom. The summed E-state index contributed by atoms with van der Waals surface area (Å²) in [5, 5.41) is 20.6. The Balaban J connectivity index is 2.06. The van der Waals surface area contributed by atoms with Crippen LogP contribution in [0.4, 0.5) is 0 Å². The lowest BCUT2D eigenvalue weighted by Crippen LogP contribution is -2.52. The van der Waals surface area contributed by atoms with E-state index in [9.17, 15) is 15.2 Å². The standard InChI is InChI=1S/C20H23NO2/c1-18(2)16-9-10-20(23,15-7-5-4-6-8-15)13-19(16,3)11-14(12-21)17(18)22/h4-8,11,16,23H,9-10,13H2,1-3H3/t16-,19+,20-/m1/s1. The van der Waals surface area contributed by atoms with E-state index in [2.05, 4.69) is 13.0 Å². The van der Waals surface area contributed by atoms with Crippen molar-refractivity contribution in [2.75, 3.05) is 0 Å². The van der Waals surface area contributed by atoms with Crippen molar-refractivity contribution >= 4 is 5.78 Å². The van der Waals surface area contributed by atoms with Gasteiger partial charge in [0, 0.05) is 5.41 Å². The number of nitrogens with zero attached hydrogens (tertiary/aromatic N) is 1. The van der Waals surface area contributed by atoms with Gasteiger partial charge in [0.15, 0.2) is 5.78 Å². The Labute approximate surface area is 137 Å². The molecular weight excluding hydrogens is 286 g/mol. The van der Waals surface area contributed by atoms with Gasteiger partial charge < -0.3 is 5.11 Å². The number of Topliss-reactive ketones (excluding diaryl/α,β-unsaturated/α-hetero) is 1. The van der Waals surface area contributed by atoms with Gasteiger partial charge in [-0.15, -0.1) is 0 Å². The zero-order valence-electron chi connectivity index (χ0n) is 14.0. The van der Waals surface area contributed by atoms with Gasteiger partial charge in [-0.2, -0.15) is 5.26 Å². The molecule has 2 aliphatic carbocycles. The van der Waals surface area contributed by atoms with E-state index in [4.69, 9.17) is 0 Å². The van der Waals surface area contributed by atoms with Crippen LogP contribution in [0.2, 0.25) is 0 Å². The first-order valence-corrected chi connectivity index (χ1v) is 8.19. The molecule has 120 valence electrons. The van der Waals surface area contributed by atoms with Crippen molar-refractivity contribution in [3.8, 4) is 6.07 Å². The van der Waals surface area contributed by atoms with Crippen LogP contribution in [0.1, 0.15) is 45.6 Å². The lowest BCUT2D eigenvalue weighted by Gasteiger charge is -2.54. The van der Waals surface area contributed by atoms with Crippen molar-refractivity contribution in [3.05, 3.63) is 47.5 Å². The van der Waals surface area contributed by atoms with E-state index in [0.717, 1.165) is 12.0 Å². The Bertz CT molecular complexity index is 713. The molecule has 3 atom stereocenters. The average Bonchev–Trinajstić information content (AvgIpc) is 2.51. The number of ketones is 1. The fourth-order valence-electron chi connectivity index (χ4n) is 4.87. The molecule has 0 saturated heterocycles. The summed E-state index contributed by atoms with van der Waals surface area (Å²) in [5.41, 5.74) is -0.662. The molecule has 1 saturated carbocycles. The van der Waals surface area contributed by atoms with Crippen molar-refractivity contribution in [1.82, 2.24) is 0 Å². The number of hydrogen-bond donors (Lipinski definition) is 1. The predicted molar refractivity (Wildman–Crippen MR) is 88.3 cm³/mol. The highest BCUT2D eigenvalue weighted by Gasteiger charge is 2.56. The van der Waals surface area contributed by atoms with Gasteiger partial charge in [-0.3, -0.25) is 4.79 Å². The van der Waals surface area contributed by atoms with Crippen molar-refractivity contribution in [3.63, 3.8) is 0 Å². The largest absolute Gasteiger partial charge is 0.385 e. The van der Waals surface area contributed by atoms with Gasteiger partial charge in [0.25, 0.3) is 0 Å². The predicted octanol–water partition coefficient (Wildman–Crippen LogP) is 3.74. The summed E-state index contributed by atoms with van der Waals surface area (Å²) in [6, 6.07) is 11.8. The summed E-state index contributed by atoms with van der Waals surface area (Å²) in [4.78, 5) is 12.6. The third-order valence-electron chi connectivity index (χ3n) is 5.92. The van der Waals surface area contributed by atoms with Gasteiger partial charge in [0.1, 0.15) is 6.07 Å². The molecule has 0 radical (unpaired) electrons. The molecule has 3 heteroatoms. The second-order valence-corrected chi connectivity index (χ2v) is 7.89. The molecule has 0 unspecified atom stereocenters. The van der Waals surface area contributed by atoms with Gasteiger partial charge in [-0.1, -0.05) is 57.2 Å². The topological polar surface area (TPSA) is 61.1 Å². The van der Waals surface area contributed by atoms with Crippen LogP contribution in [-0.4, -0.2) is 10.9 Å². The quantitative estimate of drug-likeness (QED) is 0.859. The number of aliphatic hydroxyl groups is 1. The third-order valence-corrected chi connectivity index (χ3v) is 5.92. The Kier molecular flexibility index (Phi) is 3.50. The van der Waals surface area contributed by atoms with Crippen molar-refractivity contribution in [2.45, 2.75) is 45.6 Å². The lowest BCUT2D eigenvalue weighted by atomic mass is 9.50. The fourth-order valence-corrected chi connectivity index (χ4v) is 4.87. The van der Waals surface area contributed by atoms with Gasteiger partial charge >= 0.3 is 0 Å². The first-order chi connectivity index (χ1) is 10.7. The molecule has 1 fully saturated rings. The molecule has 0 bridgehead atoms. The molecule has 0 aromatic heterocycles. The maximum absolute atomic E-state index is 12.6. The highest BCUT2D eigenvalue weighted by Crippen LogP contribution is 2.59. The molecular formula is C20H23NO2. The fraction of sp³-hybridized carbons (Fsp3) is 0.500. The van der Waals surface area contributed by atoms with E-state index in [1.807, 2.05) is 50.3 Å². The van der Waals surface area contributed by atoms with Crippen LogP contribution in [0.5, 0.6) is 0 Å². The molecule has 0 aliphatic heterocycles. The average molecular weight is 309 g/mol. The number of rotatable bonds is 1. The smallest absolute Gasteiger partial charge is 0.178 e. The summed E-state index contributed by atoms with van der Waals surface area (Å²) in [6.07, 6.45) is 3.77. The summed E-state index contributed by atoms with van der Waals surface area (Å²) in [5.74, 6) is 0.0798. The first-order valence-electron chi connectivity index (χ1n) is 8.19. The van der Waals surface area contributed by atoms with Crippen molar-refractivity contribution < 1.29 is 9.90 Å². The molecule has 1 aromatic rings. The molecule has 1 aromatic carbocycles. The van der Waals surface area contributed by atoms with Crippen LogP contribution in [-0.2, 0) is 10.4 Å². The number of hydrogen-bond acceptors (Lipinski definition) is 3. The molecule has 3 nitrogen and oxygen atoms in total. The lowest BCUT2D eigenvalue weighted by molar-refractivity contribution is -0.138. The molecule has 2 aliphatic rings. The van der Waals surface area contributed by atoms with Gasteiger partial charge in [0.05, 0.1) is 11.2 Å². The number of carbonyl (C=O) groups excluding carboxylic acids is 1. The van der Waals surface area contributed by atoms with Crippen molar-refractivity contribution in [1.29, 1.82) is 5.26 Å². The maximum Gasteiger partial charge on any atom is 0.178 e. The molecule has 0 amide bonds. The number of allylic oxidation sites excluding steroid dienone is 2. The Hall–Kier alpha value is -1.92. The minimum absolute atomic E-state index is 0.0624. The number of fused-ring (bicyclic) bond motifs is 1. The van der Waals surface area contributed by atoms with E-state index in [-0.39, 0.29) is 22.7 Å². The van der Waals surface area contributed by atoms with Crippen LogP contribution in [0.25, 0.3) is 0 Å². The first kappa shape index (κ1) is 16.0. The molecule has 23 heavy (non-hydrogen) atoms. The Morgan fingerprint density at radius 3 is 2.48 bits per heavy atom. The molecule has 3 rings (SSSR count).